The first-order chi connectivity index (χ1) is 9.86. The Morgan fingerprint density at radius 2 is 1.90 bits per heavy atom. The molecule has 2 N–H and O–H groups in total. The molecular weight excluding hydrogens is 323 g/mol. The molecule has 0 atom stereocenters. The third-order valence-corrected chi connectivity index (χ3v) is 2.96. The van der Waals surface area contributed by atoms with Gasteiger partial charge in [-0.2, -0.15) is 13.2 Å². The predicted octanol–water partition coefficient (Wildman–Crippen LogP) is 4.56. The van der Waals surface area contributed by atoms with Crippen molar-refractivity contribution >= 4 is 40.3 Å². The molecule has 2 aromatic rings. The number of nitrogens with zero attached hydrogens (tertiary/aromatic N) is 1. The van der Waals surface area contributed by atoms with Crippen LogP contribution in [-0.2, 0) is 6.18 Å². The molecule has 1 aromatic carbocycles. The molecule has 21 heavy (non-hydrogen) atoms. The number of halogens is 4. The maximum Gasteiger partial charge on any atom is 0.416 e. The molecule has 2 rings (SSSR count). The molecule has 0 aliphatic carbocycles. The van der Waals surface area contributed by atoms with Crippen LogP contribution in [0.5, 0.6) is 0 Å². The first-order valence-electron chi connectivity index (χ1n) is 5.72. The number of pyridine rings is 1. The van der Waals surface area contributed by atoms with E-state index in [1.165, 1.54) is 18.3 Å². The van der Waals surface area contributed by atoms with Crippen LogP contribution in [0.2, 0.25) is 5.15 Å². The van der Waals surface area contributed by atoms with Crippen molar-refractivity contribution in [1.29, 1.82) is 0 Å². The largest absolute Gasteiger partial charge is 0.416 e. The van der Waals surface area contributed by atoms with Gasteiger partial charge in [-0.15, -0.1) is 0 Å². The average molecular weight is 332 g/mol. The number of anilines is 2. The van der Waals surface area contributed by atoms with Gasteiger partial charge < -0.3 is 10.6 Å². The van der Waals surface area contributed by atoms with Crippen LogP contribution in [0.15, 0.2) is 42.6 Å². The second kappa shape index (κ2) is 6.28. The van der Waals surface area contributed by atoms with Gasteiger partial charge in [-0.25, -0.2) is 4.98 Å². The van der Waals surface area contributed by atoms with E-state index in [2.05, 4.69) is 15.6 Å². The molecule has 0 aliphatic heterocycles. The standard InChI is InChI=1S/C13H9ClF3N3S/c14-11-10(5-2-6-18-11)20-12(21)19-9-4-1-3-8(7-9)13(15,16)17/h1-7H,(H2,19,20,21). The fraction of sp³-hybridized carbons (Fsp3) is 0.0769. The van der Waals surface area contributed by atoms with Crippen molar-refractivity contribution in [2.75, 3.05) is 10.6 Å². The van der Waals surface area contributed by atoms with Gasteiger partial charge in [0, 0.05) is 11.9 Å². The minimum atomic E-state index is -4.40. The lowest BCUT2D eigenvalue weighted by Gasteiger charge is -2.13. The number of hydrogen-bond donors (Lipinski definition) is 2. The zero-order chi connectivity index (χ0) is 15.5. The van der Waals surface area contributed by atoms with Gasteiger partial charge in [-0.1, -0.05) is 17.7 Å². The van der Waals surface area contributed by atoms with Gasteiger partial charge in [0.2, 0.25) is 0 Å². The van der Waals surface area contributed by atoms with E-state index in [4.69, 9.17) is 23.8 Å². The summed E-state index contributed by atoms with van der Waals surface area (Å²) in [6.45, 7) is 0. The van der Waals surface area contributed by atoms with Crippen LogP contribution in [0.4, 0.5) is 24.5 Å². The van der Waals surface area contributed by atoms with Gasteiger partial charge in [-0.3, -0.25) is 0 Å². The molecule has 0 saturated heterocycles. The molecule has 0 amide bonds. The number of thiocarbonyl (C=S) groups is 1. The predicted molar refractivity (Wildman–Crippen MR) is 80.5 cm³/mol. The van der Waals surface area contributed by atoms with Crippen molar-refractivity contribution in [1.82, 2.24) is 4.98 Å². The van der Waals surface area contributed by atoms with Crippen molar-refractivity contribution in [2.45, 2.75) is 6.18 Å². The lowest BCUT2D eigenvalue weighted by molar-refractivity contribution is -0.137. The van der Waals surface area contributed by atoms with Crippen LogP contribution in [0.1, 0.15) is 5.56 Å². The summed E-state index contributed by atoms with van der Waals surface area (Å²) >= 11 is 10.9. The number of benzene rings is 1. The molecular formula is C13H9ClF3N3S. The molecule has 0 aliphatic rings. The molecule has 0 radical (unpaired) electrons. The lowest BCUT2D eigenvalue weighted by Crippen LogP contribution is -2.19. The Hall–Kier alpha value is -1.86. The lowest BCUT2D eigenvalue weighted by atomic mass is 10.2. The van der Waals surface area contributed by atoms with Crippen LogP contribution < -0.4 is 10.6 Å². The van der Waals surface area contributed by atoms with E-state index in [9.17, 15) is 13.2 Å². The normalized spacial score (nSPS) is 11.0. The highest BCUT2D eigenvalue weighted by atomic mass is 35.5. The SMILES string of the molecule is FC(F)(F)c1cccc(NC(=S)Nc2cccnc2Cl)c1. The Bertz CT molecular complexity index is 661. The molecule has 1 heterocycles. The van der Waals surface area contributed by atoms with E-state index in [0.29, 0.717) is 5.69 Å². The van der Waals surface area contributed by atoms with Crippen LogP contribution in [0.25, 0.3) is 0 Å². The van der Waals surface area contributed by atoms with Crippen molar-refractivity contribution in [2.24, 2.45) is 0 Å². The summed E-state index contributed by atoms with van der Waals surface area (Å²) in [5.74, 6) is 0. The zero-order valence-electron chi connectivity index (χ0n) is 10.4. The van der Waals surface area contributed by atoms with Gasteiger partial charge in [0.25, 0.3) is 0 Å². The van der Waals surface area contributed by atoms with Crippen molar-refractivity contribution in [3.63, 3.8) is 0 Å². The van der Waals surface area contributed by atoms with Crippen molar-refractivity contribution < 1.29 is 13.2 Å². The third kappa shape index (κ3) is 4.30. The Morgan fingerprint density at radius 1 is 1.14 bits per heavy atom. The number of aromatic nitrogens is 1. The van der Waals surface area contributed by atoms with E-state index < -0.39 is 11.7 Å². The number of rotatable bonds is 2. The molecule has 3 nitrogen and oxygen atoms in total. The monoisotopic (exact) mass is 331 g/mol. The van der Waals surface area contributed by atoms with E-state index >= 15 is 0 Å². The highest BCUT2D eigenvalue weighted by Crippen LogP contribution is 2.30. The quantitative estimate of drug-likeness (QED) is 0.624. The minimum Gasteiger partial charge on any atom is -0.332 e. The maximum atomic E-state index is 12.6. The Kier molecular flexibility index (Phi) is 4.64. The van der Waals surface area contributed by atoms with Gasteiger partial charge in [-0.05, 0) is 42.5 Å². The first-order valence-corrected chi connectivity index (χ1v) is 6.50. The summed E-state index contributed by atoms with van der Waals surface area (Å²) < 4.78 is 37.8. The van der Waals surface area contributed by atoms with Gasteiger partial charge in [0.05, 0.1) is 11.3 Å². The fourth-order valence-electron chi connectivity index (χ4n) is 1.54. The second-order valence-electron chi connectivity index (χ2n) is 4.00. The molecule has 0 saturated carbocycles. The fourth-order valence-corrected chi connectivity index (χ4v) is 1.93. The van der Waals surface area contributed by atoms with E-state index in [0.717, 1.165) is 12.1 Å². The minimum absolute atomic E-state index is 0.115. The van der Waals surface area contributed by atoms with E-state index in [1.807, 2.05) is 0 Å². The topological polar surface area (TPSA) is 37.0 Å². The Balaban J connectivity index is 2.08. The maximum absolute atomic E-state index is 12.6. The number of hydrogen-bond acceptors (Lipinski definition) is 2. The first kappa shape index (κ1) is 15.5. The summed E-state index contributed by atoms with van der Waals surface area (Å²) in [6, 6.07) is 8.04. The van der Waals surface area contributed by atoms with Crippen molar-refractivity contribution in [3.05, 3.63) is 53.3 Å². The zero-order valence-corrected chi connectivity index (χ0v) is 12.0. The average Bonchev–Trinajstić information content (AvgIpc) is 2.41. The summed E-state index contributed by atoms with van der Waals surface area (Å²) in [5, 5.41) is 5.75. The van der Waals surface area contributed by atoms with E-state index in [1.54, 1.807) is 12.1 Å². The smallest absolute Gasteiger partial charge is 0.332 e. The van der Waals surface area contributed by atoms with Gasteiger partial charge >= 0.3 is 6.18 Å². The van der Waals surface area contributed by atoms with Crippen LogP contribution in [0.3, 0.4) is 0 Å². The van der Waals surface area contributed by atoms with Gasteiger partial charge in [0.15, 0.2) is 10.3 Å². The summed E-state index contributed by atoms with van der Waals surface area (Å²) in [7, 11) is 0. The summed E-state index contributed by atoms with van der Waals surface area (Å²) in [6.07, 6.45) is -2.89. The van der Waals surface area contributed by atoms with Crippen molar-refractivity contribution in [3.8, 4) is 0 Å². The van der Waals surface area contributed by atoms with Crippen LogP contribution >= 0.6 is 23.8 Å². The second-order valence-corrected chi connectivity index (χ2v) is 4.77. The molecule has 8 heteroatoms. The number of alkyl halides is 3. The molecule has 0 spiro atoms. The van der Waals surface area contributed by atoms with E-state index in [-0.39, 0.29) is 16.0 Å². The Labute approximate surface area is 129 Å². The third-order valence-electron chi connectivity index (χ3n) is 2.46. The molecule has 1 aromatic heterocycles. The molecule has 0 fully saturated rings. The van der Waals surface area contributed by atoms with Crippen LogP contribution in [-0.4, -0.2) is 10.1 Å². The highest BCUT2D eigenvalue weighted by Gasteiger charge is 2.30. The molecule has 0 bridgehead atoms. The molecule has 0 unspecified atom stereocenters. The Morgan fingerprint density at radius 3 is 2.57 bits per heavy atom. The van der Waals surface area contributed by atoms with Crippen LogP contribution in [0, 0.1) is 0 Å². The summed E-state index contributed by atoms with van der Waals surface area (Å²) in [5.41, 5.74) is -0.0688. The highest BCUT2D eigenvalue weighted by molar-refractivity contribution is 7.80. The molecule has 110 valence electrons. The number of nitrogens with one attached hydrogen (secondary N) is 2. The van der Waals surface area contributed by atoms with Gasteiger partial charge in [0.1, 0.15) is 0 Å². The summed E-state index contributed by atoms with van der Waals surface area (Å²) in [4.78, 5) is 3.85.